The van der Waals surface area contributed by atoms with Crippen LogP contribution in [0.25, 0.3) is 0 Å². The molecule has 0 spiro atoms. The van der Waals surface area contributed by atoms with E-state index in [0.29, 0.717) is 13.0 Å². The fourth-order valence-electron chi connectivity index (χ4n) is 0.963. The fourth-order valence-corrected chi connectivity index (χ4v) is 0.963. The predicted molar refractivity (Wildman–Crippen MR) is 39.7 cm³/mol. The van der Waals surface area contributed by atoms with Crippen LogP contribution in [0.3, 0.4) is 0 Å². The van der Waals surface area contributed by atoms with Crippen LogP contribution in [-0.2, 0) is 4.74 Å². The van der Waals surface area contributed by atoms with Gasteiger partial charge in [-0.2, -0.15) is 0 Å². The Labute approximate surface area is 60.8 Å². The number of hydrogen-bond acceptors (Lipinski definition) is 2. The molecule has 2 atom stereocenters. The standard InChI is InChI=1S/C8H12O2/c1-2-5-10-8-4-3-7(9)6-8/h2-4,7-9H,1,5-6H2/t7-,8-/m1/s1. The Morgan fingerprint density at radius 2 is 2.50 bits per heavy atom. The van der Waals surface area contributed by atoms with E-state index in [-0.39, 0.29) is 12.2 Å². The van der Waals surface area contributed by atoms with Gasteiger partial charge in [0, 0.05) is 6.42 Å². The van der Waals surface area contributed by atoms with Crippen molar-refractivity contribution in [3.05, 3.63) is 24.8 Å². The van der Waals surface area contributed by atoms with Crippen molar-refractivity contribution in [3.63, 3.8) is 0 Å². The number of aliphatic hydroxyl groups excluding tert-OH is 1. The highest BCUT2D eigenvalue weighted by Gasteiger charge is 2.15. The lowest BCUT2D eigenvalue weighted by Crippen LogP contribution is -2.10. The fraction of sp³-hybridized carbons (Fsp3) is 0.500. The molecule has 1 aliphatic carbocycles. The van der Waals surface area contributed by atoms with E-state index in [0.717, 1.165) is 0 Å². The van der Waals surface area contributed by atoms with Crippen LogP contribution in [0, 0.1) is 0 Å². The molecule has 0 unspecified atom stereocenters. The number of rotatable bonds is 3. The van der Waals surface area contributed by atoms with Crippen molar-refractivity contribution in [2.75, 3.05) is 6.61 Å². The Morgan fingerprint density at radius 1 is 1.70 bits per heavy atom. The summed E-state index contributed by atoms with van der Waals surface area (Å²) in [5.74, 6) is 0. The van der Waals surface area contributed by atoms with Gasteiger partial charge in [-0.1, -0.05) is 18.2 Å². The zero-order valence-corrected chi connectivity index (χ0v) is 5.86. The summed E-state index contributed by atoms with van der Waals surface area (Å²) in [7, 11) is 0. The smallest absolute Gasteiger partial charge is 0.0788 e. The third kappa shape index (κ3) is 1.97. The van der Waals surface area contributed by atoms with Crippen molar-refractivity contribution in [1.82, 2.24) is 0 Å². The van der Waals surface area contributed by atoms with E-state index in [1.165, 1.54) is 0 Å². The molecule has 1 aliphatic rings. The van der Waals surface area contributed by atoms with Gasteiger partial charge in [-0.25, -0.2) is 0 Å². The first-order chi connectivity index (χ1) is 4.83. The van der Waals surface area contributed by atoms with E-state index >= 15 is 0 Å². The van der Waals surface area contributed by atoms with E-state index in [4.69, 9.17) is 9.84 Å². The second-order valence-corrected chi connectivity index (χ2v) is 2.35. The molecular weight excluding hydrogens is 128 g/mol. The first-order valence-corrected chi connectivity index (χ1v) is 3.42. The molecule has 0 saturated carbocycles. The van der Waals surface area contributed by atoms with E-state index in [2.05, 4.69) is 6.58 Å². The molecule has 0 aromatic rings. The highest BCUT2D eigenvalue weighted by molar-refractivity contribution is 5.03. The van der Waals surface area contributed by atoms with Crippen molar-refractivity contribution in [3.8, 4) is 0 Å². The Hall–Kier alpha value is -0.600. The molecular formula is C8H12O2. The first kappa shape index (κ1) is 7.51. The zero-order valence-electron chi connectivity index (χ0n) is 5.86. The van der Waals surface area contributed by atoms with Gasteiger partial charge >= 0.3 is 0 Å². The number of hydrogen-bond donors (Lipinski definition) is 1. The zero-order chi connectivity index (χ0) is 7.40. The van der Waals surface area contributed by atoms with Gasteiger partial charge in [0.15, 0.2) is 0 Å². The average Bonchev–Trinajstić information content (AvgIpc) is 2.31. The molecule has 10 heavy (non-hydrogen) atoms. The van der Waals surface area contributed by atoms with Crippen LogP contribution in [0.1, 0.15) is 6.42 Å². The third-order valence-electron chi connectivity index (χ3n) is 1.45. The molecule has 0 aromatic carbocycles. The SMILES string of the molecule is C=CCO[C@@H]1C=C[C@@H](O)C1. The maximum Gasteiger partial charge on any atom is 0.0788 e. The van der Waals surface area contributed by atoms with Gasteiger partial charge < -0.3 is 9.84 Å². The van der Waals surface area contributed by atoms with Gasteiger partial charge in [-0.05, 0) is 0 Å². The lowest BCUT2D eigenvalue weighted by atomic mass is 10.3. The van der Waals surface area contributed by atoms with E-state index < -0.39 is 0 Å². The highest BCUT2D eigenvalue weighted by atomic mass is 16.5. The van der Waals surface area contributed by atoms with Crippen LogP contribution in [0.2, 0.25) is 0 Å². The van der Waals surface area contributed by atoms with Crippen LogP contribution in [-0.4, -0.2) is 23.9 Å². The van der Waals surface area contributed by atoms with Crippen LogP contribution in [0.15, 0.2) is 24.8 Å². The molecule has 2 nitrogen and oxygen atoms in total. The summed E-state index contributed by atoms with van der Waals surface area (Å²) in [6, 6.07) is 0. The number of ether oxygens (including phenoxy) is 1. The van der Waals surface area contributed by atoms with Crippen molar-refractivity contribution < 1.29 is 9.84 Å². The van der Waals surface area contributed by atoms with Gasteiger partial charge in [0.05, 0.1) is 18.8 Å². The van der Waals surface area contributed by atoms with Crippen LogP contribution in [0.5, 0.6) is 0 Å². The largest absolute Gasteiger partial charge is 0.389 e. The molecule has 0 aliphatic heterocycles. The molecule has 0 saturated heterocycles. The molecule has 0 radical (unpaired) electrons. The van der Waals surface area contributed by atoms with Gasteiger partial charge in [0.25, 0.3) is 0 Å². The highest BCUT2D eigenvalue weighted by Crippen LogP contribution is 2.13. The van der Waals surface area contributed by atoms with Crippen molar-refractivity contribution in [1.29, 1.82) is 0 Å². The molecule has 1 N–H and O–H groups in total. The minimum Gasteiger partial charge on any atom is -0.389 e. The normalized spacial score (nSPS) is 30.9. The van der Waals surface area contributed by atoms with Crippen molar-refractivity contribution in [2.24, 2.45) is 0 Å². The molecule has 0 heterocycles. The summed E-state index contributed by atoms with van der Waals surface area (Å²) in [6.07, 6.45) is 5.82. The lowest BCUT2D eigenvalue weighted by molar-refractivity contribution is 0.0827. The van der Waals surface area contributed by atoms with Crippen molar-refractivity contribution >= 4 is 0 Å². The topological polar surface area (TPSA) is 29.5 Å². The Kier molecular flexibility index (Phi) is 2.66. The van der Waals surface area contributed by atoms with Crippen LogP contribution >= 0.6 is 0 Å². The summed E-state index contributed by atoms with van der Waals surface area (Å²) >= 11 is 0. The minimum absolute atomic E-state index is 0.0907. The summed E-state index contributed by atoms with van der Waals surface area (Å²) in [5.41, 5.74) is 0. The first-order valence-electron chi connectivity index (χ1n) is 3.42. The lowest BCUT2D eigenvalue weighted by Gasteiger charge is -2.07. The maximum atomic E-state index is 9.01. The molecule has 0 aromatic heterocycles. The Morgan fingerprint density at radius 3 is 3.00 bits per heavy atom. The molecule has 56 valence electrons. The van der Waals surface area contributed by atoms with Crippen LogP contribution < -0.4 is 0 Å². The van der Waals surface area contributed by atoms with Gasteiger partial charge in [0.1, 0.15) is 0 Å². The summed E-state index contributed by atoms with van der Waals surface area (Å²) in [5, 5.41) is 9.01. The van der Waals surface area contributed by atoms with E-state index in [9.17, 15) is 0 Å². The summed E-state index contributed by atoms with van der Waals surface area (Å²) in [6.45, 7) is 4.09. The quantitative estimate of drug-likeness (QED) is 0.589. The molecule has 0 bridgehead atoms. The van der Waals surface area contributed by atoms with Gasteiger partial charge in [-0.15, -0.1) is 6.58 Å². The predicted octanol–water partition coefficient (Wildman–Crippen LogP) is 0.878. The van der Waals surface area contributed by atoms with Gasteiger partial charge in [-0.3, -0.25) is 0 Å². The monoisotopic (exact) mass is 140 g/mol. The van der Waals surface area contributed by atoms with Gasteiger partial charge in [0.2, 0.25) is 0 Å². The van der Waals surface area contributed by atoms with E-state index in [1.807, 2.05) is 6.08 Å². The van der Waals surface area contributed by atoms with Crippen molar-refractivity contribution in [2.45, 2.75) is 18.6 Å². The van der Waals surface area contributed by atoms with E-state index in [1.54, 1.807) is 12.2 Å². The minimum atomic E-state index is -0.310. The Bertz CT molecular complexity index is 140. The van der Waals surface area contributed by atoms with Crippen LogP contribution in [0.4, 0.5) is 0 Å². The molecule has 0 amide bonds. The average molecular weight is 140 g/mol. The molecule has 1 rings (SSSR count). The maximum absolute atomic E-state index is 9.01. The Balaban J connectivity index is 2.19. The number of aliphatic hydroxyl groups is 1. The third-order valence-corrected chi connectivity index (χ3v) is 1.45. The summed E-state index contributed by atoms with van der Waals surface area (Å²) in [4.78, 5) is 0. The second-order valence-electron chi connectivity index (χ2n) is 2.35. The molecule has 0 fully saturated rings. The second kappa shape index (κ2) is 3.54. The molecule has 2 heteroatoms. The summed E-state index contributed by atoms with van der Waals surface area (Å²) < 4.78 is 5.26.